The number of rotatable bonds is 5. The molecule has 0 saturated carbocycles. The van der Waals surface area contributed by atoms with Crippen LogP contribution in [-0.4, -0.2) is 40.8 Å². The Bertz CT molecular complexity index is 387. The predicted molar refractivity (Wildman–Crippen MR) is 63.8 cm³/mol. The van der Waals surface area contributed by atoms with Gasteiger partial charge >= 0.3 is 0 Å². The Kier molecular flexibility index (Phi) is 5.34. The molecule has 0 aromatic heterocycles. The summed E-state index contributed by atoms with van der Waals surface area (Å²) in [6.07, 6.45) is -2.57. The number of phenolic OH excluding ortho intramolecular Hbond substituents is 1. The first-order valence-electron chi connectivity index (χ1n) is 4.97. The summed E-state index contributed by atoms with van der Waals surface area (Å²) in [4.78, 5) is 12.9. The molecule has 3 nitrogen and oxygen atoms in total. The molecule has 0 heterocycles. The Balaban J connectivity index is 2.83. The van der Waals surface area contributed by atoms with E-state index in [4.69, 9.17) is 0 Å². The number of hydrogen-bond donors (Lipinski definition) is 1. The Morgan fingerprint density at radius 2 is 2.18 bits per heavy atom. The third kappa shape index (κ3) is 4.30. The van der Waals surface area contributed by atoms with Gasteiger partial charge in [0.05, 0.1) is 6.54 Å². The highest BCUT2D eigenvalue weighted by Crippen LogP contribution is 2.14. The van der Waals surface area contributed by atoms with E-state index in [1.807, 2.05) is 0 Å². The van der Waals surface area contributed by atoms with Gasteiger partial charge in [0.2, 0.25) is 0 Å². The average molecular weight is 308 g/mol. The van der Waals surface area contributed by atoms with Crippen molar-refractivity contribution >= 4 is 21.8 Å². The molecule has 1 amide bonds. The number of carbonyl (C=O) groups is 1. The predicted octanol–water partition coefficient (Wildman–Crippen LogP) is 2.49. The summed E-state index contributed by atoms with van der Waals surface area (Å²) in [6.45, 7) is -0.418. The maximum absolute atomic E-state index is 12.3. The Labute approximate surface area is 106 Å². The van der Waals surface area contributed by atoms with Crippen LogP contribution in [0.2, 0.25) is 0 Å². The van der Waals surface area contributed by atoms with Crippen LogP contribution in [0, 0.1) is 0 Å². The van der Waals surface area contributed by atoms with E-state index in [-0.39, 0.29) is 17.9 Å². The topological polar surface area (TPSA) is 40.5 Å². The van der Waals surface area contributed by atoms with E-state index in [9.17, 15) is 18.7 Å². The summed E-state index contributed by atoms with van der Waals surface area (Å²) in [5.74, 6) is -0.577. The molecule has 6 heteroatoms. The lowest BCUT2D eigenvalue weighted by Crippen LogP contribution is -2.36. The van der Waals surface area contributed by atoms with Gasteiger partial charge in [0, 0.05) is 17.4 Å². The van der Waals surface area contributed by atoms with Gasteiger partial charge < -0.3 is 10.0 Å². The van der Waals surface area contributed by atoms with Gasteiger partial charge in [-0.05, 0) is 18.2 Å². The van der Waals surface area contributed by atoms with Gasteiger partial charge in [0.15, 0.2) is 0 Å². The van der Waals surface area contributed by atoms with Gasteiger partial charge in [-0.1, -0.05) is 22.0 Å². The molecule has 1 N–H and O–H groups in total. The Morgan fingerprint density at radius 1 is 1.47 bits per heavy atom. The summed E-state index contributed by atoms with van der Waals surface area (Å²) >= 11 is 3.11. The van der Waals surface area contributed by atoms with Crippen LogP contribution in [0.1, 0.15) is 10.4 Å². The first kappa shape index (κ1) is 13.9. The normalized spacial score (nSPS) is 10.6. The van der Waals surface area contributed by atoms with Gasteiger partial charge in [-0.2, -0.15) is 0 Å². The van der Waals surface area contributed by atoms with E-state index >= 15 is 0 Å². The van der Waals surface area contributed by atoms with Gasteiger partial charge in [0.1, 0.15) is 5.75 Å². The molecule has 0 unspecified atom stereocenters. The van der Waals surface area contributed by atoms with Crippen LogP contribution in [0.15, 0.2) is 24.3 Å². The molecule has 1 rings (SSSR count). The van der Waals surface area contributed by atoms with Crippen LogP contribution in [0.4, 0.5) is 8.78 Å². The highest BCUT2D eigenvalue weighted by atomic mass is 79.9. The second-order valence-corrected chi connectivity index (χ2v) is 4.17. The van der Waals surface area contributed by atoms with Crippen LogP contribution in [0.3, 0.4) is 0 Å². The quantitative estimate of drug-likeness (QED) is 0.849. The minimum Gasteiger partial charge on any atom is -0.508 e. The van der Waals surface area contributed by atoms with Crippen molar-refractivity contribution in [2.45, 2.75) is 6.43 Å². The maximum atomic E-state index is 12.3. The van der Waals surface area contributed by atoms with Crippen molar-refractivity contribution in [2.24, 2.45) is 0 Å². The van der Waals surface area contributed by atoms with Crippen molar-refractivity contribution in [1.29, 1.82) is 0 Å². The van der Waals surface area contributed by atoms with Crippen molar-refractivity contribution in [3.05, 3.63) is 29.8 Å². The highest BCUT2D eigenvalue weighted by Gasteiger charge is 2.19. The number of halogens is 3. The smallest absolute Gasteiger partial charge is 0.255 e. The molecule has 1 aromatic carbocycles. The van der Waals surface area contributed by atoms with Gasteiger partial charge in [-0.15, -0.1) is 0 Å². The zero-order valence-corrected chi connectivity index (χ0v) is 10.5. The summed E-state index contributed by atoms with van der Waals surface area (Å²) in [7, 11) is 0. The minimum absolute atomic E-state index is 0.0633. The Morgan fingerprint density at radius 3 is 2.71 bits per heavy atom. The van der Waals surface area contributed by atoms with Gasteiger partial charge in [0.25, 0.3) is 12.3 Å². The van der Waals surface area contributed by atoms with E-state index in [1.54, 1.807) is 0 Å². The summed E-state index contributed by atoms with van der Waals surface area (Å²) in [5, 5.41) is 9.65. The largest absolute Gasteiger partial charge is 0.508 e. The number of alkyl halides is 3. The molecule has 0 atom stereocenters. The zero-order valence-electron chi connectivity index (χ0n) is 8.94. The molecular weight excluding hydrogens is 296 g/mol. The number of phenols is 1. The van der Waals surface area contributed by atoms with E-state index in [2.05, 4.69) is 15.9 Å². The molecule has 0 aliphatic heterocycles. The number of carbonyl (C=O) groups excluding carboxylic acids is 1. The highest BCUT2D eigenvalue weighted by molar-refractivity contribution is 9.09. The molecule has 0 aliphatic rings. The molecule has 0 radical (unpaired) electrons. The molecular formula is C11H12BrF2NO2. The fourth-order valence-electron chi connectivity index (χ4n) is 1.37. The van der Waals surface area contributed by atoms with Crippen molar-refractivity contribution < 1.29 is 18.7 Å². The van der Waals surface area contributed by atoms with Crippen molar-refractivity contribution in [3.63, 3.8) is 0 Å². The maximum Gasteiger partial charge on any atom is 0.255 e. The number of benzene rings is 1. The lowest BCUT2D eigenvalue weighted by Gasteiger charge is -2.21. The number of aromatic hydroxyl groups is 1. The molecule has 0 aliphatic carbocycles. The number of hydrogen-bond acceptors (Lipinski definition) is 2. The fourth-order valence-corrected chi connectivity index (χ4v) is 1.79. The van der Waals surface area contributed by atoms with Crippen LogP contribution in [0.25, 0.3) is 0 Å². The third-order valence-corrected chi connectivity index (χ3v) is 2.45. The fraction of sp³-hybridized carbons (Fsp3) is 0.364. The van der Waals surface area contributed by atoms with Crippen molar-refractivity contribution in [1.82, 2.24) is 4.90 Å². The van der Waals surface area contributed by atoms with Crippen LogP contribution in [-0.2, 0) is 0 Å². The van der Waals surface area contributed by atoms with E-state index in [1.165, 1.54) is 24.3 Å². The molecule has 1 aromatic rings. The van der Waals surface area contributed by atoms with Crippen molar-refractivity contribution in [3.8, 4) is 5.75 Å². The van der Waals surface area contributed by atoms with Crippen LogP contribution < -0.4 is 0 Å². The van der Waals surface area contributed by atoms with Crippen LogP contribution >= 0.6 is 15.9 Å². The first-order valence-corrected chi connectivity index (χ1v) is 6.09. The lowest BCUT2D eigenvalue weighted by atomic mass is 10.2. The summed E-state index contributed by atoms with van der Waals surface area (Å²) < 4.78 is 24.6. The molecule has 0 fully saturated rings. The SMILES string of the molecule is O=C(c1cccc(O)c1)N(CCBr)CC(F)F. The molecule has 0 bridgehead atoms. The Hall–Kier alpha value is -1.17. The minimum atomic E-state index is -2.57. The second kappa shape index (κ2) is 6.54. The number of amides is 1. The van der Waals surface area contributed by atoms with E-state index in [0.29, 0.717) is 5.33 Å². The molecule has 0 saturated heterocycles. The van der Waals surface area contributed by atoms with Gasteiger partial charge in [-0.25, -0.2) is 8.78 Å². The molecule has 0 spiro atoms. The van der Waals surface area contributed by atoms with Crippen LogP contribution in [0.5, 0.6) is 5.75 Å². The zero-order chi connectivity index (χ0) is 12.8. The first-order chi connectivity index (χ1) is 8.04. The van der Waals surface area contributed by atoms with E-state index < -0.39 is 18.9 Å². The summed E-state index contributed by atoms with van der Waals surface area (Å²) in [5.41, 5.74) is 0.201. The van der Waals surface area contributed by atoms with Crippen molar-refractivity contribution in [2.75, 3.05) is 18.4 Å². The van der Waals surface area contributed by atoms with Gasteiger partial charge in [-0.3, -0.25) is 4.79 Å². The summed E-state index contributed by atoms with van der Waals surface area (Å²) in [6, 6.07) is 5.65. The molecule has 94 valence electrons. The average Bonchev–Trinajstić information content (AvgIpc) is 2.27. The second-order valence-electron chi connectivity index (χ2n) is 3.38. The molecule has 17 heavy (non-hydrogen) atoms. The monoisotopic (exact) mass is 307 g/mol. The lowest BCUT2D eigenvalue weighted by molar-refractivity contribution is 0.0572. The third-order valence-electron chi connectivity index (χ3n) is 2.09. The van der Waals surface area contributed by atoms with E-state index in [0.717, 1.165) is 4.90 Å². The number of nitrogens with zero attached hydrogens (tertiary/aromatic N) is 1. The standard InChI is InChI=1S/C11H12BrF2NO2/c12-4-5-15(7-10(13)14)11(17)8-2-1-3-9(16)6-8/h1-3,6,10,16H,4-5,7H2.